The first-order valence-corrected chi connectivity index (χ1v) is 5.58. The van der Waals surface area contributed by atoms with Gasteiger partial charge in [0.25, 0.3) is 0 Å². The fourth-order valence-electron chi connectivity index (χ4n) is 1.11. The Morgan fingerprint density at radius 1 is 1.25 bits per heavy atom. The molecule has 0 aliphatic rings. The molecule has 1 heterocycles. The Hall–Kier alpha value is -1.41. The Balaban J connectivity index is 2.24. The highest BCUT2D eigenvalue weighted by molar-refractivity contribution is 14.1. The summed E-state index contributed by atoms with van der Waals surface area (Å²) in [5.41, 5.74) is 2.43. The predicted octanol–water partition coefficient (Wildman–Crippen LogP) is 2.16. The van der Waals surface area contributed by atoms with E-state index < -0.39 is 0 Å². The van der Waals surface area contributed by atoms with Gasteiger partial charge in [-0.1, -0.05) is 12.1 Å². The third-order valence-electron chi connectivity index (χ3n) is 1.84. The number of benzene rings is 1. The number of hydrogen-bond donors (Lipinski definition) is 2. The minimum absolute atomic E-state index is 0.451. The van der Waals surface area contributed by atoms with Crippen LogP contribution in [0.1, 0.15) is 0 Å². The largest absolute Gasteiger partial charge is 0.438 e. The molecule has 0 saturated heterocycles. The van der Waals surface area contributed by atoms with Crippen LogP contribution in [0.5, 0.6) is 11.6 Å². The molecule has 16 heavy (non-hydrogen) atoms. The average Bonchev–Trinajstić information content (AvgIpc) is 2.32. The second-order valence-corrected chi connectivity index (χ2v) is 4.08. The van der Waals surface area contributed by atoms with Gasteiger partial charge in [-0.05, 0) is 34.7 Å². The number of nitrogens with one attached hydrogen (secondary N) is 1. The standard InChI is InChI=1S/C10H9IN4O/c11-7-3-1-2-4-8(7)16-10-5-9(15-12)13-6-14-10/h1-6H,12H2,(H,13,14,15). The van der Waals surface area contributed by atoms with Crippen molar-refractivity contribution in [3.63, 3.8) is 0 Å². The lowest BCUT2D eigenvalue weighted by molar-refractivity contribution is 0.458. The maximum absolute atomic E-state index is 5.60. The Bertz CT molecular complexity index is 492. The maximum atomic E-state index is 5.60. The lowest BCUT2D eigenvalue weighted by atomic mass is 10.3. The van der Waals surface area contributed by atoms with Gasteiger partial charge in [-0.25, -0.2) is 15.8 Å². The highest BCUT2D eigenvalue weighted by Gasteiger charge is 2.03. The summed E-state index contributed by atoms with van der Waals surface area (Å²) in [7, 11) is 0. The lowest BCUT2D eigenvalue weighted by Crippen LogP contribution is -2.08. The zero-order valence-corrected chi connectivity index (χ0v) is 10.4. The molecule has 0 spiro atoms. The van der Waals surface area contributed by atoms with Crippen molar-refractivity contribution < 1.29 is 4.74 Å². The van der Waals surface area contributed by atoms with Crippen molar-refractivity contribution >= 4 is 28.4 Å². The van der Waals surface area contributed by atoms with Crippen molar-refractivity contribution in [1.82, 2.24) is 9.97 Å². The molecule has 0 radical (unpaired) electrons. The van der Waals surface area contributed by atoms with Crippen LogP contribution in [0.2, 0.25) is 0 Å². The van der Waals surface area contributed by atoms with E-state index in [1.807, 2.05) is 24.3 Å². The molecule has 0 aliphatic heterocycles. The van der Waals surface area contributed by atoms with Gasteiger partial charge in [0, 0.05) is 6.07 Å². The molecule has 2 aromatic rings. The van der Waals surface area contributed by atoms with Gasteiger partial charge < -0.3 is 10.2 Å². The molecule has 0 saturated carbocycles. The van der Waals surface area contributed by atoms with Crippen LogP contribution in [-0.4, -0.2) is 9.97 Å². The van der Waals surface area contributed by atoms with Crippen LogP contribution in [0, 0.1) is 3.57 Å². The van der Waals surface area contributed by atoms with Gasteiger partial charge >= 0.3 is 0 Å². The van der Waals surface area contributed by atoms with E-state index in [0.717, 1.165) is 9.32 Å². The zero-order valence-electron chi connectivity index (χ0n) is 8.22. The number of ether oxygens (including phenoxy) is 1. The summed E-state index contributed by atoms with van der Waals surface area (Å²) in [6.07, 6.45) is 1.39. The third-order valence-corrected chi connectivity index (χ3v) is 2.73. The number of anilines is 1. The molecule has 1 aromatic carbocycles. The number of rotatable bonds is 3. The molecule has 0 unspecified atom stereocenters. The summed E-state index contributed by atoms with van der Waals surface area (Å²) in [5, 5.41) is 0. The molecule has 82 valence electrons. The highest BCUT2D eigenvalue weighted by atomic mass is 127. The van der Waals surface area contributed by atoms with Gasteiger partial charge in [0.05, 0.1) is 3.57 Å². The number of halogens is 1. The van der Waals surface area contributed by atoms with Gasteiger partial charge in [-0.2, -0.15) is 0 Å². The van der Waals surface area contributed by atoms with Crippen molar-refractivity contribution in [1.29, 1.82) is 0 Å². The van der Waals surface area contributed by atoms with E-state index in [4.69, 9.17) is 10.6 Å². The van der Waals surface area contributed by atoms with Crippen LogP contribution in [-0.2, 0) is 0 Å². The first-order chi connectivity index (χ1) is 7.79. The average molecular weight is 328 g/mol. The Morgan fingerprint density at radius 3 is 2.81 bits per heavy atom. The molecule has 3 N–H and O–H groups in total. The third kappa shape index (κ3) is 2.58. The van der Waals surface area contributed by atoms with Crippen molar-refractivity contribution in [2.24, 2.45) is 5.84 Å². The maximum Gasteiger partial charge on any atom is 0.224 e. The fraction of sp³-hybridized carbons (Fsp3) is 0. The van der Waals surface area contributed by atoms with Crippen LogP contribution in [0.4, 0.5) is 5.82 Å². The van der Waals surface area contributed by atoms with Crippen LogP contribution in [0.3, 0.4) is 0 Å². The monoisotopic (exact) mass is 328 g/mol. The quantitative estimate of drug-likeness (QED) is 0.513. The van der Waals surface area contributed by atoms with Gasteiger partial charge in [-0.3, -0.25) is 0 Å². The number of hydrogen-bond acceptors (Lipinski definition) is 5. The molecule has 2 rings (SSSR count). The van der Waals surface area contributed by atoms with Crippen LogP contribution in [0.25, 0.3) is 0 Å². The summed E-state index contributed by atoms with van der Waals surface area (Å²) < 4.78 is 6.61. The van der Waals surface area contributed by atoms with E-state index in [1.165, 1.54) is 6.33 Å². The van der Waals surface area contributed by atoms with Crippen LogP contribution in [0.15, 0.2) is 36.7 Å². The number of nitrogens with two attached hydrogens (primary N) is 1. The normalized spacial score (nSPS) is 9.88. The summed E-state index contributed by atoms with van der Waals surface area (Å²) in [6, 6.07) is 9.31. The SMILES string of the molecule is NNc1cc(Oc2ccccc2I)ncn1. The molecule has 0 aliphatic carbocycles. The van der Waals surface area contributed by atoms with Crippen molar-refractivity contribution in [2.75, 3.05) is 5.43 Å². The summed E-state index contributed by atoms with van der Waals surface area (Å²) in [5.74, 6) is 6.96. The summed E-state index contributed by atoms with van der Waals surface area (Å²) >= 11 is 2.20. The second kappa shape index (κ2) is 5.08. The number of hydrazine groups is 1. The van der Waals surface area contributed by atoms with Crippen LogP contribution < -0.4 is 16.0 Å². The van der Waals surface area contributed by atoms with E-state index in [0.29, 0.717) is 11.7 Å². The molecule has 6 heteroatoms. The van der Waals surface area contributed by atoms with E-state index in [2.05, 4.69) is 38.0 Å². The topological polar surface area (TPSA) is 73.1 Å². The predicted molar refractivity (Wildman–Crippen MR) is 69.1 cm³/mol. The Kier molecular flexibility index (Phi) is 3.52. The Morgan fingerprint density at radius 2 is 2.06 bits per heavy atom. The van der Waals surface area contributed by atoms with Gasteiger partial charge in [0.15, 0.2) is 0 Å². The van der Waals surface area contributed by atoms with Crippen molar-refractivity contribution in [3.8, 4) is 11.6 Å². The van der Waals surface area contributed by atoms with E-state index >= 15 is 0 Å². The van der Waals surface area contributed by atoms with E-state index in [-0.39, 0.29) is 0 Å². The molecular formula is C10H9IN4O. The molecule has 0 fully saturated rings. The summed E-state index contributed by atoms with van der Waals surface area (Å²) in [6.45, 7) is 0. The first kappa shape index (κ1) is 11.1. The smallest absolute Gasteiger partial charge is 0.224 e. The summed E-state index contributed by atoms with van der Waals surface area (Å²) in [4.78, 5) is 7.88. The minimum atomic E-state index is 0.451. The first-order valence-electron chi connectivity index (χ1n) is 4.50. The van der Waals surface area contributed by atoms with Crippen LogP contribution >= 0.6 is 22.6 Å². The highest BCUT2D eigenvalue weighted by Crippen LogP contribution is 2.25. The number of nitrogen functional groups attached to an aromatic ring is 1. The number of aromatic nitrogens is 2. The zero-order chi connectivity index (χ0) is 11.4. The fourth-order valence-corrected chi connectivity index (χ4v) is 1.61. The molecule has 0 atom stereocenters. The number of nitrogens with zero attached hydrogens (tertiary/aromatic N) is 2. The Labute approximate surface area is 106 Å². The van der Waals surface area contributed by atoms with Crippen molar-refractivity contribution in [3.05, 3.63) is 40.2 Å². The van der Waals surface area contributed by atoms with Crippen molar-refractivity contribution in [2.45, 2.75) is 0 Å². The van der Waals surface area contributed by atoms with E-state index in [1.54, 1.807) is 6.07 Å². The molecule has 0 amide bonds. The molecule has 1 aromatic heterocycles. The lowest BCUT2D eigenvalue weighted by Gasteiger charge is -2.06. The molecule has 0 bridgehead atoms. The number of para-hydroxylation sites is 1. The van der Waals surface area contributed by atoms with Gasteiger partial charge in [0.2, 0.25) is 5.88 Å². The van der Waals surface area contributed by atoms with Gasteiger partial charge in [0.1, 0.15) is 17.9 Å². The van der Waals surface area contributed by atoms with E-state index in [9.17, 15) is 0 Å². The minimum Gasteiger partial charge on any atom is -0.438 e. The molecular weight excluding hydrogens is 319 g/mol. The second-order valence-electron chi connectivity index (χ2n) is 2.92. The molecule has 5 nitrogen and oxygen atoms in total. The van der Waals surface area contributed by atoms with Gasteiger partial charge in [-0.15, -0.1) is 0 Å².